The number of nitrogens with two attached hydrogens (primary N) is 1. The Bertz CT molecular complexity index is 1090. The van der Waals surface area contributed by atoms with Gasteiger partial charge in [-0.3, -0.25) is 9.59 Å². The molecule has 3 N–H and O–H groups in total. The average Bonchev–Trinajstić information content (AvgIpc) is 2.77. The molecule has 3 aromatic rings. The predicted molar refractivity (Wildman–Crippen MR) is 117 cm³/mol. The van der Waals surface area contributed by atoms with Crippen LogP contribution in [0.3, 0.4) is 0 Å². The first-order valence-corrected chi connectivity index (χ1v) is 11.1. The molecular weight excluding hydrogens is 414 g/mol. The van der Waals surface area contributed by atoms with Gasteiger partial charge >= 0.3 is 11.8 Å². The highest BCUT2D eigenvalue weighted by atomic mass is 32.2. The number of hydrogen-bond acceptors (Lipinski definition) is 4. The van der Waals surface area contributed by atoms with Crippen LogP contribution in [-0.4, -0.2) is 25.1 Å². The normalized spacial score (nSPS) is 11.0. The molecule has 8 heteroatoms. The lowest BCUT2D eigenvalue weighted by Gasteiger charge is -2.22. The van der Waals surface area contributed by atoms with Crippen molar-refractivity contribution in [3.8, 4) is 0 Å². The first-order valence-electron chi connectivity index (χ1n) is 9.59. The van der Waals surface area contributed by atoms with Gasteiger partial charge in [0.2, 0.25) is 10.0 Å². The van der Waals surface area contributed by atoms with Gasteiger partial charge in [-0.1, -0.05) is 72.8 Å². The van der Waals surface area contributed by atoms with E-state index < -0.39 is 21.8 Å². The van der Waals surface area contributed by atoms with Gasteiger partial charge in [0.25, 0.3) is 0 Å². The topological polar surface area (TPSA) is 110 Å². The van der Waals surface area contributed by atoms with E-state index in [1.807, 2.05) is 60.7 Å². The number of sulfonamides is 1. The van der Waals surface area contributed by atoms with Gasteiger partial charge in [-0.15, -0.1) is 0 Å². The van der Waals surface area contributed by atoms with Crippen molar-refractivity contribution in [2.75, 3.05) is 0 Å². The third kappa shape index (κ3) is 6.50. The third-order valence-electron chi connectivity index (χ3n) is 4.62. The molecule has 0 spiro atoms. The summed E-state index contributed by atoms with van der Waals surface area (Å²) >= 11 is 0. The monoisotopic (exact) mass is 437 g/mol. The number of amides is 2. The Labute approximate surface area is 181 Å². The highest BCUT2D eigenvalue weighted by molar-refractivity contribution is 7.89. The number of primary sulfonamides is 1. The molecule has 0 bridgehead atoms. The fourth-order valence-corrected chi connectivity index (χ4v) is 3.52. The van der Waals surface area contributed by atoms with Gasteiger partial charge in [-0.25, -0.2) is 13.6 Å². The SMILES string of the molecule is NS(=O)(=O)c1ccc(CNC(=O)C(=O)N(Cc2ccccc2)Cc2ccccc2)cc1. The second-order valence-corrected chi connectivity index (χ2v) is 8.57. The summed E-state index contributed by atoms with van der Waals surface area (Å²) < 4.78 is 22.7. The van der Waals surface area contributed by atoms with Crippen molar-refractivity contribution in [3.63, 3.8) is 0 Å². The number of carbonyl (C=O) groups is 2. The van der Waals surface area contributed by atoms with Crippen LogP contribution in [0.25, 0.3) is 0 Å². The lowest BCUT2D eigenvalue weighted by atomic mass is 10.1. The van der Waals surface area contributed by atoms with Crippen LogP contribution in [0.15, 0.2) is 89.8 Å². The first-order chi connectivity index (χ1) is 14.8. The van der Waals surface area contributed by atoms with Crippen molar-refractivity contribution >= 4 is 21.8 Å². The first kappa shape index (κ1) is 22.2. The Morgan fingerprint density at radius 2 is 1.23 bits per heavy atom. The summed E-state index contributed by atoms with van der Waals surface area (Å²) in [7, 11) is -3.78. The van der Waals surface area contributed by atoms with Gasteiger partial charge in [0.05, 0.1) is 4.90 Å². The Kier molecular flexibility index (Phi) is 7.17. The fraction of sp³-hybridized carbons (Fsp3) is 0.130. The number of nitrogens with zero attached hydrogens (tertiary/aromatic N) is 1. The largest absolute Gasteiger partial charge is 0.344 e. The summed E-state index contributed by atoms with van der Waals surface area (Å²) in [6.45, 7) is 0.677. The molecule has 2 amide bonds. The molecule has 160 valence electrons. The minimum absolute atomic E-state index is 0.0180. The van der Waals surface area contributed by atoms with Gasteiger partial charge in [-0.05, 0) is 28.8 Å². The molecule has 0 unspecified atom stereocenters. The number of hydrogen-bond donors (Lipinski definition) is 2. The number of rotatable bonds is 7. The quantitative estimate of drug-likeness (QED) is 0.552. The maximum absolute atomic E-state index is 12.9. The van der Waals surface area contributed by atoms with Gasteiger partial charge < -0.3 is 10.2 Å². The molecule has 0 radical (unpaired) electrons. The van der Waals surface area contributed by atoms with Crippen molar-refractivity contribution < 1.29 is 18.0 Å². The molecule has 0 atom stereocenters. The summed E-state index contributed by atoms with van der Waals surface area (Å²) in [6.07, 6.45) is 0. The van der Waals surface area contributed by atoms with Crippen molar-refractivity contribution in [1.82, 2.24) is 10.2 Å². The lowest BCUT2D eigenvalue weighted by Crippen LogP contribution is -2.42. The van der Waals surface area contributed by atoms with Crippen LogP contribution in [-0.2, 0) is 39.2 Å². The van der Waals surface area contributed by atoms with E-state index in [9.17, 15) is 18.0 Å². The zero-order valence-corrected chi connectivity index (χ0v) is 17.6. The van der Waals surface area contributed by atoms with Crippen LogP contribution < -0.4 is 10.5 Å². The molecule has 0 saturated carbocycles. The van der Waals surface area contributed by atoms with Crippen LogP contribution in [0.5, 0.6) is 0 Å². The van der Waals surface area contributed by atoms with Gasteiger partial charge in [0.1, 0.15) is 0 Å². The molecule has 0 aliphatic heterocycles. The molecule has 0 aromatic heterocycles. The molecule has 7 nitrogen and oxygen atoms in total. The highest BCUT2D eigenvalue weighted by Crippen LogP contribution is 2.11. The van der Waals surface area contributed by atoms with Crippen LogP contribution in [0.4, 0.5) is 0 Å². The molecule has 0 fully saturated rings. The summed E-state index contributed by atoms with van der Waals surface area (Å²) in [4.78, 5) is 26.9. The Morgan fingerprint density at radius 1 is 0.742 bits per heavy atom. The summed E-state index contributed by atoms with van der Waals surface area (Å²) in [5.41, 5.74) is 2.47. The Morgan fingerprint density at radius 3 is 1.68 bits per heavy atom. The van der Waals surface area contributed by atoms with Crippen LogP contribution >= 0.6 is 0 Å². The van der Waals surface area contributed by atoms with Crippen molar-refractivity contribution in [2.24, 2.45) is 5.14 Å². The van der Waals surface area contributed by atoms with Gasteiger partial charge in [0.15, 0.2) is 0 Å². The molecule has 3 aromatic carbocycles. The van der Waals surface area contributed by atoms with Crippen LogP contribution in [0, 0.1) is 0 Å². The number of nitrogens with one attached hydrogen (secondary N) is 1. The van der Waals surface area contributed by atoms with E-state index in [1.165, 1.54) is 29.2 Å². The fourth-order valence-electron chi connectivity index (χ4n) is 3.01. The summed E-state index contributed by atoms with van der Waals surface area (Å²) in [6, 6.07) is 24.7. The van der Waals surface area contributed by atoms with E-state index in [1.54, 1.807) is 0 Å². The van der Waals surface area contributed by atoms with Crippen molar-refractivity contribution in [2.45, 2.75) is 24.5 Å². The maximum Gasteiger partial charge on any atom is 0.312 e. The summed E-state index contributed by atoms with van der Waals surface area (Å²) in [5.74, 6) is -1.38. The number of carbonyl (C=O) groups excluding carboxylic acids is 2. The van der Waals surface area contributed by atoms with Gasteiger partial charge in [-0.2, -0.15) is 0 Å². The molecule has 31 heavy (non-hydrogen) atoms. The molecule has 3 rings (SSSR count). The molecular formula is C23H23N3O4S. The zero-order valence-electron chi connectivity index (χ0n) is 16.8. The van der Waals surface area contributed by atoms with Crippen molar-refractivity contribution in [1.29, 1.82) is 0 Å². The molecule has 0 heterocycles. The second-order valence-electron chi connectivity index (χ2n) is 7.00. The van der Waals surface area contributed by atoms with Gasteiger partial charge in [0, 0.05) is 19.6 Å². The maximum atomic E-state index is 12.9. The predicted octanol–water partition coefficient (Wildman–Crippen LogP) is 2.18. The molecule has 0 aliphatic carbocycles. The standard InChI is InChI=1S/C23H23N3O4S/c24-31(29,30)21-13-11-18(12-14-21)15-25-22(27)23(28)26(16-19-7-3-1-4-8-19)17-20-9-5-2-6-10-20/h1-14H,15-17H2,(H,25,27)(H2,24,29,30). The smallest absolute Gasteiger partial charge is 0.312 e. The Hall–Kier alpha value is -3.49. The van der Waals surface area contributed by atoms with Crippen molar-refractivity contribution in [3.05, 3.63) is 102 Å². The third-order valence-corrected chi connectivity index (χ3v) is 5.55. The van der Waals surface area contributed by atoms with Crippen LogP contribution in [0.2, 0.25) is 0 Å². The van der Waals surface area contributed by atoms with E-state index in [0.717, 1.165) is 11.1 Å². The second kappa shape index (κ2) is 10.0. The summed E-state index contributed by atoms with van der Waals surface area (Å²) in [5, 5.41) is 7.68. The van der Waals surface area contributed by atoms with E-state index in [2.05, 4.69) is 5.32 Å². The average molecular weight is 438 g/mol. The van der Waals surface area contributed by atoms with Crippen LogP contribution in [0.1, 0.15) is 16.7 Å². The number of benzene rings is 3. The van der Waals surface area contributed by atoms with E-state index in [0.29, 0.717) is 18.7 Å². The molecule has 0 saturated heterocycles. The van der Waals surface area contributed by atoms with E-state index in [4.69, 9.17) is 5.14 Å². The van der Waals surface area contributed by atoms with E-state index >= 15 is 0 Å². The lowest BCUT2D eigenvalue weighted by molar-refractivity contribution is -0.146. The van der Waals surface area contributed by atoms with E-state index in [-0.39, 0.29) is 11.4 Å². The molecule has 0 aliphatic rings. The minimum Gasteiger partial charge on any atom is -0.344 e. The zero-order chi connectivity index (χ0) is 22.3. The Balaban J connectivity index is 1.68. The minimum atomic E-state index is -3.78. The highest BCUT2D eigenvalue weighted by Gasteiger charge is 2.22.